The quantitative estimate of drug-likeness (QED) is 0.795. The van der Waals surface area contributed by atoms with Crippen molar-refractivity contribution in [1.82, 2.24) is 5.32 Å². The molecule has 1 heterocycles. The zero-order chi connectivity index (χ0) is 13.7. The fraction of sp³-hybridized carbons (Fsp3) is 0.583. The van der Waals surface area contributed by atoms with Crippen molar-refractivity contribution in [1.29, 1.82) is 0 Å². The molecular formula is C12H19NO4S. The van der Waals surface area contributed by atoms with E-state index in [1.165, 1.54) is 7.11 Å². The molecule has 0 bridgehead atoms. The van der Waals surface area contributed by atoms with Crippen LogP contribution in [0.15, 0.2) is 16.5 Å². The van der Waals surface area contributed by atoms with Crippen molar-refractivity contribution in [2.24, 2.45) is 0 Å². The summed E-state index contributed by atoms with van der Waals surface area (Å²) in [7, 11) is 0.456. The maximum Gasteiger partial charge on any atom is 0.373 e. The molecule has 5 nitrogen and oxygen atoms in total. The van der Waals surface area contributed by atoms with Crippen LogP contribution in [-0.4, -0.2) is 35.3 Å². The molecule has 0 fully saturated rings. The fourth-order valence-corrected chi connectivity index (χ4v) is 1.69. The van der Waals surface area contributed by atoms with Gasteiger partial charge in [0.05, 0.1) is 13.2 Å². The second-order valence-corrected chi connectivity index (χ2v) is 5.93. The molecule has 0 radical (unpaired) electrons. The Kier molecular flexibility index (Phi) is 5.55. The molecule has 1 N–H and O–H groups in total. The number of carbonyl (C=O) groups is 1. The Hall–Kier alpha value is -1.14. The van der Waals surface area contributed by atoms with Gasteiger partial charge in [-0.2, -0.15) is 0 Å². The summed E-state index contributed by atoms with van der Waals surface area (Å²) in [6.07, 6.45) is 1.68. The molecule has 102 valence electrons. The van der Waals surface area contributed by atoms with Gasteiger partial charge in [0.15, 0.2) is 0 Å². The van der Waals surface area contributed by atoms with Gasteiger partial charge < -0.3 is 14.5 Å². The van der Waals surface area contributed by atoms with Crippen molar-refractivity contribution in [2.45, 2.75) is 25.1 Å². The standard InChI is InChI=1S/C12H19NO4S/c1-8(18(4)15)7-13-9(2)10-5-6-11(17-10)12(14)16-3/h5-6,8-9,13H,7H2,1-4H3. The summed E-state index contributed by atoms with van der Waals surface area (Å²) in [5.41, 5.74) is 0. The lowest BCUT2D eigenvalue weighted by Gasteiger charge is -2.14. The highest BCUT2D eigenvalue weighted by atomic mass is 32.2. The van der Waals surface area contributed by atoms with E-state index in [1.807, 2.05) is 13.8 Å². The van der Waals surface area contributed by atoms with Gasteiger partial charge in [-0.05, 0) is 26.0 Å². The molecule has 0 spiro atoms. The van der Waals surface area contributed by atoms with Crippen molar-refractivity contribution in [3.63, 3.8) is 0 Å². The van der Waals surface area contributed by atoms with Crippen LogP contribution in [0.1, 0.15) is 36.2 Å². The van der Waals surface area contributed by atoms with E-state index in [0.29, 0.717) is 12.3 Å². The monoisotopic (exact) mass is 273 g/mol. The number of esters is 1. The highest BCUT2D eigenvalue weighted by molar-refractivity contribution is 7.84. The predicted octanol–water partition coefficient (Wildman–Crippen LogP) is 1.48. The Labute approximate surface area is 109 Å². The summed E-state index contributed by atoms with van der Waals surface area (Å²) in [6, 6.07) is 3.27. The third-order valence-electron chi connectivity index (χ3n) is 2.72. The molecule has 0 aliphatic carbocycles. The third-order valence-corrected chi connectivity index (χ3v) is 4.02. The summed E-state index contributed by atoms with van der Waals surface area (Å²) in [5.74, 6) is 0.356. The summed E-state index contributed by atoms with van der Waals surface area (Å²) in [4.78, 5) is 11.2. The van der Waals surface area contributed by atoms with Crippen molar-refractivity contribution >= 4 is 16.8 Å². The van der Waals surface area contributed by atoms with Crippen LogP contribution in [0.4, 0.5) is 0 Å². The molecule has 0 saturated carbocycles. The van der Waals surface area contributed by atoms with Gasteiger partial charge in [0.1, 0.15) is 5.76 Å². The van der Waals surface area contributed by atoms with Gasteiger partial charge in [0.25, 0.3) is 0 Å². The molecule has 0 aliphatic rings. The first-order valence-corrected chi connectivity index (χ1v) is 7.31. The van der Waals surface area contributed by atoms with E-state index in [1.54, 1.807) is 18.4 Å². The number of nitrogens with one attached hydrogen (secondary N) is 1. The molecule has 0 aliphatic heterocycles. The smallest absolute Gasteiger partial charge is 0.373 e. The largest absolute Gasteiger partial charge is 0.463 e. The van der Waals surface area contributed by atoms with Gasteiger partial charge >= 0.3 is 5.97 Å². The Morgan fingerprint density at radius 1 is 1.50 bits per heavy atom. The second-order valence-electron chi connectivity index (χ2n) is 4.13. The van der Waals surface area contributed by atoms with Crippen LogP contribution in [0, 0.1) is 0 Å². The van der Waals surface area contributed by atoms with Crippen LogP contribution < -0.4 is 5.32 Å². The topological polar surface area (TPSA) is 68.5 Å². The lowest BCUT2D eigenvalue weighted by atomic mass is 10.2. The zero-order valence-electron chi connectivity index (χ0n) is 11.1. The average Bonchev–Trinajstić information content (AvgIpc) is 2.83. The van der Waals surface area contributed by atoms with Crippen LogP contribution >= 0.6 is 0 Å². The zero-order valence-corrected chi connectivity index (χ0v) is 11.9. The van der Waals surface area contributed by atoms with Gasteiger partial charge in [0, 0.05) is 28.9 Å². The van der Waals surface area contributed by atoms with Crippen molar-refractivity contribution in [3.8, 4) is 0 Å². The van der Waals surface area contributed by atoms with Gasteiger partial charge in [-0.15, -0.1) is 0 Å². The number of furan rings is 1. The Bertz CT molecular complexity index is 429. The first-order valence-electron chi connectivity index (χ1n) is 5.69. The molecule has 0 amide bonds. The summed E-state index contributed by atoms with van der Waals surface area (Å²) in [5, 5.41) is 3.28. The van der Waals surface area contributed by atoms with E-state index in [2.05, 4.69) is 10.1 Å². The Balaban J connectivity index is 2.56. The van der Waals surface area contributed by atoms with Crippen molar-refractivity contribution in [2.75, 3.05) is 19.9 Å². The third kappa shape index (κ3) is 3.96. The summed E-state index contributed by atoms with van der Waals surface area (Å²) < 4.78 is 21.2. The molecule has 18 heavy (non-hydrogen) atoms. The van der Waals surface area contributed by atoms with E-state index >= 15 is 0 Å². The number of carbonyl (C=O) groups excluding carboxylic acids is 1. The van der Waals surface area contributed by atoms with E-state index in [-0.39, 0.29) is 17.1 Å². The van der Waals surface area contributed by atoms with Crippen LogP contribution in [0.2, 0.25) is 0 Å². The first kappa shape index (κ1) is 14.9. The molecule has 6 heteroatoms. The van der Waals surface area contributed by atoms with Crippen molar-refractivity contribution < 1.29 is 18.2 Å². The van der Waals surface area contributed by atoms with E-state index < -0.39 is 16.8 Å². The van der Waals surface area contributed by atoms with Crippen LogP contribution in [0.5, 0.6) is 0 Å². The SMILES string of the molecule is COC(=O)c1ccc(C(C)NCC(C)S(C)=O)o1. The molecular weight excluding hydrogens is 254 g/mol. The minimum atomic E-state index is -0.854. The fourth-order valence-electron chi connectivity index (χ4n) is 1.36. The molecule has 0 saturated heterocycles. The van der Waals surface area contributed by atoms with Crippen LogP contribution in [0.25, 0.3) is 0 Å². The second kappa shape index (κ2) is 6.70. The highest BCUT2D eigenvalue weighted by Gasteiger charge is 2.16. The van der Waals surface area contributed by atoms with Crippen molar-refractivity contribution in [3.05, 3.63) is 23.7 Å². The van der Waals surface area contributed by atoms with Gasteiger partial charge in [0.2, 0.25) is 5.76 Å². The number of rotatable bonds is 6. The number of ether oxygens (including phenoxy) is 1. The maximum atomic E-state index is 11.2. The molecule has 1 rings (SSSR count). The normalized spacial score (nSPS) is 16.0. The maximum absolute atomic E-state index is 11.2. The minimum absolute atomic E-state index is 0.0468. The predicted molar refractivity (Wildman–Crippen MR) is 70.0 cm³/mol. The highest BCUT2D eigenvalue weighted by Crippen LogP contribution is 2.16. The number of hydrogen-bond donors (Lipinski definition) is 1. The van der Waals surface area contributed by atoms with Crippen LogP contribution in [0.3, 0.4) is 0 Å². The average molecular weight is 273 g/mol. The summed E-state index contributed by atoms with van der Waals surface area (Å²) >= 11 is 0. The van der Waals surface area contributed by atoms with Gasteiger partial charge in [-0.3, -0.25) is 4.21 Å². The van der Waals surface area contributed by atoms with Crippen LogP contribution in [-0.2, 0) is 15.5 Å². The van der Waals surface area contributed by atoms with E-state index in [9.17, 15) is 9.00 Å². The lowest BCUT2D eigenvalue weighted by molar-refractivity contribution is 0.0562. The molecule has 1 aromatic rings. The Morgan fingerprint density at radius 2 is 2.17 bits per heavy atom. The molecule has 0 aromatic carbocycles. The Morgan fingerprint density at radius 3 is 2.72 bits per heavy atom. The minimum Gasteiger partial charge on any atom is -0.463 e. The van der Waals surface area contributed by atoms with Gasteiger partial charge in [-0.1, -0.05) is 0 Å². The summed E-state index contributed by atoms with van der Waals surface area (Å²) in [6.45, 7) is 4.46. The lowest BCUT2D eigenvalue weighted by Crippen LogP contribution is -2.29. The first-order chi connectivity index (χ1) is 8.45. The number of hydrogen-bond acceptors (Lipinski definition) is 5. The van der Waals surface area contributed by atoms with E-state index in [0.717, 1.165) is 0 Å². The van der Waals surface area contributed by atoms with E-state index in [4.69, 9.17) is 4.42 Å². The van der Waals surface area contributed by atoms with Gasteiger partial charge in [-0.25, -0.2) is 4.79 Å². The number of methoxy groups -OCH3 is 1. The molecule has 3 atom stereocenters. The molecule has 3 unspecified atom stereocenters. The molecule has 1 aromatic heterocycles.